The Kier molecular flexibility index (Phi) is 5300. The highest BCUT2D eigenvalue weighted by Crippen LogP contribution is 0.862. The molecule has 2 heteroatoms. The molecule has 0 aliphatic carbocycles. The lowest BCUT2D eigenvalue weighted by molar-refractivity contribution is 2.50. The van der Waals surface area contributed by atoms with E-state index in [4.69, 9.17) is 0 Å². The number of rotatable bonds is 0. The van der Waals surface area contributed by atoms with Crippen LogP contribution in [0, 0.1) is 0 Å². The van der Waals surface area contributed by atoms with Gasteiger partial charge in [-0.25, -0.2) is 0 Å². The summed E-state index contributed by atoms with van der Waals surface area (Å²) in [5.74, 6) is 0. The summed E-state index contributed by atoms with van der Waals surface area (Å²) < 4.78 is 0. The van der Waals surface area contributed by atoms with E-state index >= 15 is 0 Å². The smallest absolute Gasteiger partial charge is 0.0776 e. The van der Waals surface area contributed by atoms with Crippen molar-refractivity contribution in [2.45, 2.75) is 7.43 Å². The quantitative estimate of drug-likeness (QED) is 0.427. The van der Waals surface area contributed by atoms with Crippen LogP contribution in [0.25, 0.3) is 0 Å². The van der Waals surface area contributed by atoms with Gasteiger partial charge in [-0.15, -0.1) is 38.0 Å². The molecule has 0 bridgehead atoms. The molecule has 0 rings (SSSR count). The molecule has 0 atom stereocenters. The number of hydrogen-bond donors (Lipinski definition) is 0. The average Bonchev–Trinajstić information content (AvgIpc) is 1.00. The Morgan fingerprint density at radius 3 is 0.800 bits per heavy atom. The fourth-order valence-electron chi connectivity index (χ4n) is 0. The molecule has 0 saturated carbocycles. The van der Waals surface area contributed by atoms with E-state index < -0.39 is 0 Å². The van der Waals surface area contributed by atoms with Crippen LogP contribution in [0.4, 0.5) is 0 Å². The molecule has 0 fully saturated rings. The van der Waals surface area contributed by atoms with Crippen LogP contribution in [0.15, 0.2) is 13.2 Å². The fraction of sp³-hybridized carbons (Fsp3) is 0.333. The fourth-order valence-corrected chi connectivity index (χ4v) is 0. The molecular formula is C3H10Cl2. The van der Waals surface area contributed by atoms with Gasteiger partial charge in [0.15, 0.2) is 0 Å². The van der Waals surface area contributed by atoms with E-state index in [-0.39, 0.29) is 32.2 Å². The van der Waals surface area contributed by atoms with E-state index in [9.17, 15) is 0 Å². The minimum Gasteiger partial charge on any atom is -0.147 e. The molecule has 0 N–H and O–H groups in total. The minimum atomic E-state index is 0. The van der Waals surface area contributed by atoms with E-state index in [1.807, 2.05) is 0 Å². The summed E-state index contributed by atoms with van der Waals surface area (Å²) in [4.78, 5) is 0. The van der Waals surface area contributed by atoms with Crippen LogP contribution in [-0.2, 0) is 0 Å². The zero-order valence-electron chi connectivity index (χ0n) is 2.23. The van der Waals surface area contributed by atoms with E-state index in [0.717, 1.165) is 0 Å². The lowest BCUT2D eigenvalue weighted by atomic mass is 11.3. The summed E-state index contributed by atoms with van der Waals surface area (Å²) in [5.41, 5.74) is 0. The highest BCUT2D eigenvalue weighted by molar-refractivity contribution is 5.85. The second kappa shape index (κ2) is 465. The van der Waals surface area contributed by atoms with E-state index in [0.29, 0.717) is 0 Å². The van der Waals surface area contributed by atoms with Crippen molar-refractivity contribution in [2.24, 2.45) is 0 Å². The topological polar surface area (TPSA) is 0 Å². The van der Waals surface area contributed by atoms with Crippen LogP contribution in [0.3, 0.4) is 0 Å². The molecule has 0 amide bonds. The molecule has 0 unspecified atom stereocenters. The van der Waals surface area contributed by atoms with Crippen molar-refractivity contribution in [2.75, 3.05) is 0 Å². The summed E-state index contributed by atoms with van der Waals surface area (Å²) in [5, 5.41) is 0. The van der Waals surface area contributed by atoms with Gasteiger partial charge < -0.3 is 0 Å². The Hall–Kier alpha value is 0.320. The first-order valence-corrected chi connectivity index (χ1v) is 0.500. The van der Waals surface area contributed by atoms with Crippen molar-refractivity contribution in [3.05, 3.63) is 13.2 Å². The monoisotopic (exact) mass is 116 g/mol. The molecule has 5 heavy (non-hydrogen) atoms. The standard InChI is InChI=1S/C2H4.CH4.2ClH/c1-2;;;/h1-2H2;1H4;2*1H. The number of hydrogen-bond acceptors (Lipinski definition) is 0. The summed E-state index contributed by atoms with van der Waals surface area (Å²) in [7, 11) is 0. The average molecular weight is 117 g/mol. The normalized spacial score (nSPS) is 0.800. The van der Waals surface area contributed by atoms with Gasteiger partial charge in [-0.1, -0.05) is 7.43 Å². The maximum atomic E-state index is 3.00. The second-order valence-electron chi connectivity index (χ2n) is 0. The summed E-state index contributed by atoms with van der Waals surface area (Å²) in [6.45, 7) is 6.00. The van der Waals surface area contributed by atoms with Crippen LogP contribution in [0.1, 0.15) is 7.43 Å². The van der Waals surface area contributed by atoms with Gasteiger partial charge >= 0.3 is 0 Å². The molecule has 0 heterocycles. The van der Waals surface area contributed by atoms with Crippen LogP contribution < -0.4 is 0 Å². The first-order valence-electron chi connectivity index (χ1n) is 0.500. The maximum absolute atomic E-state index is 3.00. The van der Waals surface area contributed by atoms with Gasteiger partial charge in [-0.2, -0.15) is 0 Å². The predicted molar refractivity (Wildman–Crippen MR) is 32.5 cm³/mol. The zero-order valence-corrected chi connectivity index (χ0v) is 3.86. The molecule has 0 saturated heterocycles. The Morgan fingerprint density at radius 1 is 0.800 bits per heavy atom. The molecular weight excluding hydrogens is 107 g/mol. The molecule has 0 radical (unpaired) electrons. The van der Waals surface area contributed by atoms with Gasteiger partial charge in [0.2, 0.25) is 0 Å². The van der Waals surface area contributed by atoms with Gasteiger partial charge in [-0.3, -0.25) is 0 Å². The van der Waals surface area contributed by atoms with Crippen molar-refractivity contribution in [1.82, 2.24) is 0 Å². The van der Waals surface area contributed by atoms with Crippen molar-refractivity contribution < 1.29 is 0 Å². The first-order chi connectivity index (χ1) is 1.00. The summed E-state index contributed by atoms with van der Waals surface area (Å²) in [6.07, 6.45) is 0. The third-order valence-corrected chi connectivity index (χ3v) is 0. The molecule has 0 aliphatic rings. The largest absolute Gasteiger partial charge is 0.147 e. The molecule has 0 nitrogen and oxygen atoms in total. The van der Waals surface area contributed by atoms with Gasteiger partial charge in [-0.05, 0) is 0 Å². The van der Waals surface area contributed by atoms with E-state index in [1.54, 1.807) is 0 Å². The molecule has 36 valence electrons. The number of halogens is 2. The Bertz CT molecular complexity index is 4.85. The molecule has 0 aromatic heterocycles. The maximum Gasteiger partial charge on any atom is -0.0776 e. The summed E-state index contributed by atoms with van der Waals surface area (Å²) >= 11 is 0. The molecule has 0 aromatic carbocycles. The van der Waals surface area contributed by atoms with Gasteiger partial charge in [0.05, 0.1) is 0 Å². The van der Waals surface area contributed by atoms with Crippen molar-refractivity contribution in [1.29, 1.82) is 0 Å². The Balaban J connectivity index is -0.00000000167. The van der Waals surface area contributed by atoms with Gasteiger partial charge in [0.25, 0.3) is 0 Å². The lowest BCUT2D eigenvalue weighted by Gasteiger charge is -0.813. The third-order valence-electron chi connectivity index (χ3n) is 0. The SMILES string of the molecule is C.C=C.Cl.Cl. The van der Waals surface area contributed by atoms with Crippen LogP contribution in [0.2, 0.25) is 0 Å². The molecule has 0 spiro atoms. The van der Waals surface area contributed by atoms with E-state index in [1.165, 1.54) is 0 Å². The first kappa shape index (κ1) is 57.0. The lowest BCUT2D eigenvalue weighted by Crippen LogP contribution is -0.552. The molecule has 0 aromatic rings. The van der Waals surface area contributed by atoms with Crippen LogP contribution in [0.5, 0.6) is 0 Å². The highest BCUT2D eigenvalue weighted by Gasteiger charge is 0.601. The van der Waals surface area contributed by atoms with Crippen molar-refractivity contribution >= 4 is 24.8 Å². The van der Waals surface area contributed by atoms with Gasteiger partial charge in [0.1, 0.15) is 0 Å². The molecule has 0 aliphatic heterocycles. The zero-order chi connectivity index (χ0) is 2.00. The Morgan fingerprint density at radius 2 is 0.800 bits per heavy atom. The third kappa shape index (κ3) is 227. The van der Waals surface area contributed by atoms with Crippen LogP contribution in [-0.4, -0.2) is 0 Å². The van der Waals surface area contributed by atoms with Gasteiger partial charge in [0, 0.05) is 0 Å². The van der Waals surface area contributed by atoms with Crippen molar-refractivity contribution in [3.63, 3.8) is 0 Å². The Labute approximate surface area is 46.1 Å². The van der Waals surface area contributed by atoms with E-state index in [2.05, 4.69) is 13.2 Å². The summed E-state index contributed by atoms with van der Waals surface area (Å²) in [6, 6.07) is 0. The second-order valence-corrected chi connectivity index (χ2v) is 0. The van der Waals surface area contributed by atoms with Crippen molar-refractivity contribution in [3.8, 4) is 0 Å². The predicted octanol–water partition coefficient (Wildman–Crippen LogP) is 2.28. The minimum absolute atomic E-state index is 0. The van der Waals surface area contributed by atoms with Crippen LogP contribution >= 0.6 is 24.8 Å². The highest BCUT2D eigenvalue weighted by atomic mass is 35.5.